The van der Waals surface area contributed by atoms with E-state index in [0.29, 0.717) is 0 Å². The fourth-order valence-corrected chi connectivity index (χ4v) is 1.84. The molecule has 1 saturated carbocycles. The molecule has 1 amide bonds. The minimum atomic E-state index is -0.292. The largest absolute Gasteiger partial charge is 0.345 e. The Morgan fingerprint density at radius 1 is 1.67 bits per heavy atom. The lowest BCUT2D eigenvalue weighted by Crippen LogP contribution is -2.37. The molecule has 0 spiro atoms. The summed E-state index contributed by atoms with van der Waals surface area (Å²) in [7, 11) is 0. The Hall–Kier alpha value is -1.90. The van der Waals surface area contributed by atoms with Crippen molar-refractivity contribution < 1.29 is 4.79 Å². The molecule has 0 aromatic carbocycles. The molecular weight excluding hydrogens is 194 g/mol. The lowest BCUT2D eigenvalue weighted by atomic mass is 10.1. The normalized spacial score (nSPS) is 24.7. The summed E-state index contributed by atoms with van der Waals surface area (Å²) in [5.74, 6) is -0.171. The van der Waals surface area contributed by atoms with Crippen LogP contribution in [0.15, 0.2) is 6.33 Å². The van der Waals surface area contributed by atoms with Gasteiger partial charge in [0.15, 0.2) is 0 Å². The molecule has 1 aromatic rings. The zero-order valence-corrected chi connectivity index (χ0v) is 8.10. The number of nitrogens with zero attached hydrogens (tertiary/aromatic N) is 3. The molecule has 1 fully saturated rings. The SMILES string of the molecule is N#CC1CCCC1NC(=O)c1ncn[nH]1. The monoisotopic (exact) mass is 205 g/mol. The van der Waals surface area contributed by atoms with Crippen molar-refractivity contribution in [3.8, 4) is 6.07 Å². The Bertz CT molecular complexity index is 380. The summed E-state index contributed by atoms with van der Waals surface area (Å²) >= 11 is 0. The molecule has 0 saturated heterocycles. The van der Waals surface area contributed by atoms with E-state index in [1.807, 2.05) is 0 Å². The third kappa shape index (κ3) is 1.96. The number of rotatable bonds is 2. The van der Waals surface area contributed by atoms with E-state index in [-0.39, 0.29) is 23.7 Å². The van der Waals surface area contributed by atoms with Gasteiger partial charge in [-0.25, -0.2) is 4.98 Å². The maximum Gasteiger partial charge on any atom is 0.288 e. The van der Waals surface area contributed by atoms with Gasteiger partial charge in [0.1, 0.15) is 6.33 Å². The fraction of sp³-hybridized carbons (Fsp3) is 0.556. The second-order valence-electron chi connectivity index (χ2n) is 3.58. The lowest BCUT2D eigenvalue weighted by Gasteiger charge is -2.13. The molecule has 2 unspecified atom stereocenters. The van der Waals surface area contributed by atoms with Crippen molar-refractivity contribution in [3.63, 3.8) is 0 Å². The Kier molecular flexibility index (Phi) is 2.63. The molecular formula is C9H11N5O. The molecule has 1 heterocycles. The summed E-state index contributed by atoms with van der Waals surface area (Å²) in [5, 5.41) is 17.7. The van der Waals surface area contributed by atoms with Crippen LogP contribution in [0.25, 0.3) is 0 Å². The molecule has 1 aliphatic carbocycles. The van der Waals surface area contributed by atoms with Gasteiger partial charge in [0.2, 0.25) is 5.82 Å². The number of amides is 1. The molecule has 1 aromatic heterocycles. The van der Waals surface area contributed by atoms with E-state index < -0.39 is 0 Å². The number of hydrogen-bond donors (Lipinski definition) is 2. The zero-order chi connectivity index (χ0) is 10.7. The van der Waals surface area contributed by atoms with E-state index in [2.05, 4.69) is 26.6 Å². The zero-order valence-electron chi connectivity index (χ0n) is 8.10. The number of carbonyl (C=O) groups is 1. The third-order valence-electron chi connectivity index (χ3n) is 2.63. The number of aromatic amines is 1. The molecule has 1 aliphatic rings. The van der Waals surface area contributed by atoms with Crippen LogP contribution in [0.1, 0.15) is 29.9 Å². The molecule has 78 valence electrons. The van der Waals surface area contributed by atoms with Crippen molar-refractivity contribution in [2.45, 2.75) is 25.3 Å². The first kappa shape index (κ1) is 9.65. The van der Waals surface area contributed by atoms with Crippen molar-refractivity contribution in [1.29, 1.82) is 5.26 Å². The molecule has 0 bridgehead atoms. The molecule has 6 nitrogen and oxygen atoms in total. The van der Waals surface area contributed by atoms with Crippen molar-refractivity contribution in [1.82, 2.24) is 20.5 Å². The van der Waals surface area contributed by atoms with Crippen LogP contribution in [0.4, 0.5) is 0 Å². The summed E-state index contributed by atoms with van der Waals surface area (Å²) in [6, 6.07) is 2.16. The van der Waals surface area contributed by atoms with E-state index >= 15 is 0 Å². The Balaban J connectivity index is 1.98. The standard InChI is InChI=1S/C9H11N5O/c10-4-6-2-1-3-7(6)13-9(15)8-11-5-12-14-8/h5-7H,1-3H2,(H,13,15)(H,11,12,14). The van der Waals surface area contributed by atoms with Crippen LogP contribution < -0.4 is 5.32 Å². The predicted octanol–water partition coefficient (Wildman–Crippen LogP) is 0.227. The van der Waals surface area contributed by atoms with Crippen LogP contribution in [0.2, 0.25) is 0 Å². The summed E-state index contributed by atoms with van der Waals surface area (Å²) in [6.07, 6.45) is 3.99. The Morgan fingerprint density at radius 2 is 2.53 bits per heavy atom. The summed E-state index contributed by atoms with van der Waals surface area (Å²) in [4.78, 5) is 15.3. The second kappa shape index (κ2) is 4.09. The highest BCUT2D eigenvalue weighted by molar-refractivity contribution is 5.90. The Morgan fingerprint density at radius 3 is 3.20 bits per heavy atom. The first-order valence-electron chi connectivity index (χ1n) is 4.87. The quantitative estimate of drug-likeness (QED) is 0.722. The molecule has 6 heteroatoms. The van der Waals surface area contributed by atoms with E-state index in [1.165, 1.54) is 6.33 Å². The highest BCUT2D eigenvalue weighted by Gasteiger charge is 2.29. The molecule has 2 N–H and O–H groups in total. The van der Waals surface area contributed by atoms with Gasteiger partial charge in [0.25, 0.3) is 5.91 Å². The number of carbonyl (C=O) groups excluding carboxylic acids is 1. The minimum absolute atomic E-state index is 0.0485. The van der Waals surface area contributed by atoms with E-state index in [4.69, 9.17) is 5.26 Å². The van der Waals surface area contributed by atoms with Crippen LogP contribution in [0.5, 0.6) is 0 Å². The molecule has 0 aliphatic heterocycles. The van der Waals surface area contributed by atoms with Gasteiger partial charge < -0.3 is 5.32 Å². The number of hydrogen-bond acceptors (Lipinski definition) is 4. The smallest absolute Gasteiger partial charge is 0.288 e. The van der Waals surface area contributed by atoms with Crippen molar-refractivity contribution in [3.05, 3.63) is 12.2 Å². The topological polar surface area (TPSA) is 94.5 Å². The maximum absolute atomic E-state index is 11.6. The number of aromatic nitrogens is 3. The molecule has 15 heavy (non-hydrogen) atoms. The van der Waals surface area contributed by atoms with Gasteiger partial charge in [-0.2, -0.15) is 10.4 Å². The van der Waals surface area contributed by atoms with Crippen molar-refractivity contribution in [2.75, 3.05) is 0 Å². The van der Waals surface area contributed by atoms with Crippen LogP contribution in [-0.2, 0) is 0 Å². The van der Waals surface area contributed by atoms with E-state index in [1.54, 1.807) is 0 Å². The average molecular weight is 205 g/mol. The van der Waals surface area contributed by atoms with Crippen LogP contribution in [0.3, 0.4) is 0 Å². The van der Waals surface area contributed by atoms with Gasteiger partial charge >= 0.3 is 0 Å². The molecule has 2 rings (SSSR count). The van der Waals surface area contributed by atoms with Gasteiger partial charge in [-0.1, -0.05) is 0 Å². The number of nitrogens with one attached hydrogen (secondary N) is 2. The minimum Gasteiger partial charge on any atom is -0.345 e. The summed E-state index contributed by atoms with van der Waals surface area (Å²) < 4.78 is 0. The first-order valence-corrected chi connectivity index (χ1v) is 4.87. The Labute approximate surface area is 86.7 Å². The van der Waals surface area contributed by atoms with Gasteiger partial charge in [0.05, 0.1) is 12.0 Å². The van der Waals surface area contributed by atoms with Gasteiger partial charge in [-0.3, -0.25) is 9.89 Å². The van der Waals surface area contributed by atoms with Crippen LogP contribution >= 0.6 is 0 Å². The second-order valence-corrected chi connectivity index (χ2v) is 3.58. The van der Waals surface area contributed by atoms with Crippen molar-refractivity contribution >= 4 is 5.91 Å². The summed E-state index contributed by atoms with van der Waals surface area (Å²) in [5.41, 5.74) is 0. The van der Waals surface area contributed by atoms with Crippen molar-refractivity contribution in [2.24, 2.45) is 5.92 Å². The van der Waals surface area contributed by atoms with Crippen LogP contribution in [0, 0.1) is 17.2 Å². The number of nitriles is 1. The molecule has 2 atom stereocenters. The maximum atomic E-state index is 11.6. The van der Waals surface area contributed by atoms with Gasteiger partial charge in [0, 0.05) is 6.04 Å². The van der Waals surface area contributed by atoms with Gasteiger partial charge in [-0.05, 0) is 19.3 Å². The number of H-pyrrole nitrogens is 1. The predicted molar refractivity (Wildman–Crippen MR) is 50.6 cm³/mol. The van der Waals surface area contributed by atoms with E-state index in [0.717, 1.165) is 19.3 Å². The molecule has 0 radical (unpaired) electrons. The average Bonchev–Trinajstić information content (AvgIpc) is 2.87. The highest BCUT2D eigenvalue weighted by atomic mass is 16.2. The highest BCUT2D eigenvalue weighted by Crippen LogP contribution is 2.24. The van der Waals surface area contributed by atoms with Gasteiger partial charge in [-0.15, -0.1) is 0 Å². The first-order chi connectivity index (χ1) is 7.31. The fourth-order valence-electron chi connectivity index (χ4n) is 1.84. The third-order valence-corrected chi connectivity index (χ3v) is 2.63. The van der Waals surface area contributed by atoms with Crippen LogP contribution in [-0.4, -0.2) is 27.1 Å². The lowest BCUT2D eigenvalue weighted by molar-refractivity contribution is 0.0922. The van der Waals surface area contributed by atoms with E-state index in [9.17, 15) is 4.79 Å². The summed E-state index contributed by atoms with van der Waals surface area (Å²) in [6.45, 7) is 0.